The first-order valence-electron chi connectivity index (χ1n) is 7.08. The summed E-state index contributed by atoms with van der Waals surface area (Å²) in [5.41, 5.74) is 3.15. The zero-order chi connectivity index (χ0) is 17.7. The first kappa shape index (κ1) is 16.9. The van der Waals surface area contributed by atoms with Gasteiger partial charge in [0, 0.05) is 11.1 Å². The highest BCUT2D eigenvalue weighted by molar-refractivity contribution is 5.90. The highest BCUT2D eigenvalue weighted by Gasteiger charge is 2.06. The van der Waals surface area contributed by atoms with E-state index in [4.69, 9.17) is 10.2 Å². The summed E-state index contributed by atoms with van der Waals surface area (Å²) in [5, 5.41) is 18.0. The van der Waals surface area contributed by atoms with Gasteiger partial charge in [-0.05, 0) is 73.2 Å². The zero-order valence-electron chi connectivity index (χ0n) is 13.2. The molecule has 0 bridgehead atoms. The van der Waals surface area contributed by atoms with Gasteiger partial charge in [0.25, 0.3) is 0 Å². The third-order valence-corrected chi connectivity index (χ3v) is 3.39. The third-order valence-electron chi connectivity index (χ3n) is 3.39. The van der Waals surface area contributed by atoms with Gasteiger partial charge in [0.2, 0.25) is 0 Å². The van der Waals surface area contributed by atoms with Crippen LogP contribution in [0.3, 0.4) is 0 Å². The Morgan fingerprint density at radius 1 is 0.750 bits per heavy atom. The molecule has 2 rings (SSSR count). The Balaban J connectivity index is 2.19. The van der Waals surface area contributed by atoms with E-state index in [0.29, 0.717) is 22.3 Å². The van der Waals surface area contributed by atoms with Gasteiger partial charge in [-0.25, -0.2) is 9.59 Å². The first-order valence-corrected chi connectivity index (χ1v) is 7.08. The predicted molar refractivity (Wildman–Crippen MR) is 90.0 cm³/mol. The van der Waals surface area contributed by atoms with E-state index >= 15 is 0 Å². The molecule has 2 N–H and O–H groups in total. The summed E-state index contributed by atoms with van der Waals surface area (Å²) in [4.78, 5) is 21.9. The second-order valence-electron chi connectivity index (χ2n) is 5.17. The average molecular weight is 318 g/mol. The third kappa shape index (κ3) is 4.03. The van der Waals surface area contributed by atoms with Crippen LogP contribution >= 0.6 is 0 Å². The molecule has 0 saturated heterocycles. The summed E-state index contributed by atoms with van der Waals surface area (Å²) in [6.45, 7) is 3.43. The van der Waals surface area contributed by atoms with Crippen molar-refractivity contribution in [2.24, 2.45) is 0 Å². The predicted octanol–water partition coefficient (Wildman–Crippen LogP) is 3.10. The van der Waals surface area contributed by atoms with E-state index in [1.165, 1.54) is 12.1 Å². The Bertz CT molecular complexity index is 868. The highest BCUT2D eigenvalue weighted by Crippen LogP contribution is 2.11. The summed E-state index contributed by atoms with van der Waals surface area (Å²) >= 11 is 0. The molecule has 2 aromatic rings. The number of aryl methyl sites for hydroxylation is 2. The van der Waals surface area contributed by atoms with Gasteiger partial charge in [-0.1, -0.05) is 11.8 Å². The Kier molecular flexibility index (Phi) is 5.04. The van der Waals surface area contributed by atoms with Crippen molar-refractivity contribution in [2.45, 2.75) is 13.8 Å². The number of carboxylic acids is 2. The summed E-state index contributed by atoms with van der Waals surface area (Å²) < 4.78 is 0. The van der Waals surface area contributed by atoms with E-state index in [0.717, 1.165) is 0 Å². The lowest BCUT2D eigenvalue weighted by Crippen LogP contribution is -1.99. The number of rotatable bonds is 2. The standard InChI is InChI=1S/C20H14O4/c1-13-11-15(7-9-17(13)19(21)22)5-3-4-6-16-8-10-18(20(23)24)14(2)12-16/h7-12H,1-2H3,(H,21,22)(H,23,24). The minimum absolute atomic E-state index is 0.251. The van der Waals surface area contributed by atoms with Crippen LogP contribution in [0.25, 0.3) is 0 Å². The van der Waals surface area contributed by atoms with Gasteiger partial charge >= 0.3 is 11.9 Å². The summed E-state index contributed by atoms with van der Waals surface area (Å²) in [6.07, 6.45) is 0. The Morgan fingerprint density at radius 3 is 1.42 bits per heavy atom. The molecule has 0 fully saturated rings. The van der Waals surface area contributed by atoms with Crippen LogP contribution in [0.15, 0.2) is 36.4 Å². The molecule has 4 nitrogen and oxygen atoms in total. The number of hydrogen-bond acceptors (Lipinski definition) is 2. The second kappa shape index (κ2) is 7.17. The van der Waals surface area contributed by atoms with Crippen LogP contribution in [-0.2, 0) is 0 Å². The molecule has 0 aliphatic carbocycles. The molecule has 24 heavy (non-hydrogen) atoms. The molecule has 2 aromatic carbocycles. The molecule has 0 amide bonds. The van der Waals surface area contributed by atoms with E-state index in [2.05, 4.69) is 23.7 Å². The summed E-state index contributed by atoms with van der Waals surface area (Å²) in [5.74, 6) is 9.20. The van der Waals surface area contributed by atoms with Crippen LogP contribution in [0.2, 0.25) is 0 Å². The van der Waals surface area contributed by atoms with E-state index in [1.54, 1.807) is 38.1 Å². The monoisotopic (exact) mass is 318 g/mol. The first-order chi connectivity index (χ1) is 11.4. The van der Waals surface area contributed by atoms with E-state index in [9.17, 15) is 9.59 Å². The normalized spacial score (nSPS) is 9.25. The van der Waals surface area contributed by atoms with Crippen LogP contribution in [0, 0.1) is 37.5 Å². The molecule has 4 heteroatoms. The van der Waals surface area contributed by atoms with Crippen molar-refractivity contribution in [3.8, 4) is 23.7 Å². The minimum Gasteiger partial charge on any atom is -0.478 e. The lowest BCUT2D eigenvalue weighted by Gasteiger charge is -2.00. The SMILES string of the molecule is Cc1cc(C#CC#Cc2ccc(C(=O)O)c(C)c2)ccc1C(=O)O. The van der Waals surface area contributed by atoms with E-state index < -0.39 is 11.9 Å². The number of benzene rings is 2. The molecule has 0 unspecified atom stereocenters. The van der Waals surface area contributed by atoms with Crippen LogP contribution in [-0.4, -0.2) is 22.2 Å². The lowest BCUT2D eigenvalue weighted by atomic mass is 10.1. The molecule has 0 aromatic heterocycles. The van der Waals surface area contributed by atoms with Gasteiger partial charge in [0.05, 0.1) is 11.1 Å². The fraction of sp³-hybridized carbons (Fsp3) is 0.100. The fourth-order valence-electron chi connectivity index (χ4n) is 2.17. The quantitative estimate of drug-likeness (QED) is 0.834. The van der Waals surface area contributed by atoms with Crippen LogP contribution in [0.1, 0.15) is 43.0 Å². The zero-order valence-corrected chi connectivity index (χ0v) is 13.2. The van der Waals surface area contributed by atoms with Crippen molar-refractivity contribution in [3.05, 3.63) is 69.8 Å². The van der Waals surface area contributed by atoms with Crippen LogP contribution in [0.5, 0.6) is 0 Å². The molecule has 0 aliphatic rings. The number of carbonyl (C=O) groups is 2. The fourth-order valence-corrected chi connectivity index (χ4v) is 2.17. The van der Waals surface area contributed by atoms with Crippen molar-refractivity contribution in [1.82, 2.24) is 0 Å². The van der Waals surface area contributed by atoms with Gasteiger partial charge in [0.15, 0.2) is 0 Å². The maximum absolute atomic E-state index is 10.9. The van der Waals surface area contributed by atoms with Crippen molar-refractivity contribution >= 4 is 11.9 Å². The van der Waals surface area contributed by atoms with Crippen molar-refractivity contribution in [1.29, 1.82) is 0 Å². The maximum Gasteiger partial charge on any atom is 0.335 e. The lowest BCUT2D eigenvalue weighted by molar-refractivity contribution is 0.0685. The maximum atomic E-state index is 10.9. The molecular formula is C20H14O4. The van der Waals surface area contributed by atoms with E-state index in [-0.39, 0.29) is 11.1 Å². The van der Waals surface area contributed by atoms with Crippen molar-refractivity contribution in [3.63, 3.8) is 0 Å². The van der Waals surface area contributed by atoms with Gasteiger partial charge < -0.3 is 10.2 Å². The molecule has 118 valence electrons. The molecule has 0 aliphatic heterocycles. The molecule has 0 atom stereocenters. The number of aromatic carboxylic acids is 2. The Morgan fingerprint density at radius 2 is 1.12 bits per heavy atom. The highest BCUT2D eigenvalue weighted by atomic mass is 16.4. The smallest absolute Gasteiger partial charge is 0.335 e. The molecule has 0 saturated carbocycles. The Labute approximate surface area is 139 Å². The molecule has 0 heterocycles. The molecule has 0 radical (unpaired) electrons. The van der Waals surface area contributed by atoms with E-state index in [1.807, 2.05) is 0 Å². The average Bonchev–Trinajstić information content (AvgIpc) is 2.51. The van der Waals surface area contributed by atoms with Crippen LogP contribution < -0.4 is 0 Å². The largest absolute Gasteiger partial charge is 0.478 e. The second-order valence-corrected chi connectivity index (χ2v) is 5.17. The van der Waals surface area contributed by atoms with Crippen molar-refractivity contribution in [2.75, 3.05) is 0 Å². The number of carboxylic acid groups (broad SMARTS) is 2. The number of hydrogen-bond donors (Lipinski definition) is 2. The molecular weight excluding hydrogens is 304 g/mol. The van der Waals surface area contributed by atoms with Crippen molar-refractivity contribution < 1.29 is 19.8 Å². The minimum atomic E-state index is -0.966. The Hall–Kier alpha value is -3.50. The van der Waals surface area contributed by atoms with Crippen LogP contribution in [0.4, 0.5) is 0 Å². The molecule has 0 spiro atoms. The van der Waals surface area contributed by atoms with Gasteiger partial charge in [-0.15, -0.1) is 0 Å². The van der Waals surface area contributed by atoms with Gasteiger partial charge in [-0.2, -0.15) is 0 Å². The summed E-state index contributed by atoms with van der Waals surface area (Å²) in [7, 11) is 0. The summed E-state index contributed by atoms with van der Waals surface area (Å²) in [6, 6.07) is 9.70. The van der Waals surface area contributed by atoms with Gasteiger partial charge in [0.1, 0.15) is 0 Å². The topological polar surface area (TPSA) is 74.6 Å². The van der Waals surface area contributed by atoms with Gasteiger partial charge in [-0.3, -0.25) is 0 Å².